The van der Waals surface area contributed by atoms with E-state index in [9.17, 15) is 13.2 Å². The third-order valence-corrected chi connectivity index (χ3v) is 7.52. The Morgan fingerprint density at radius 2 is 1.67 bits per heavy atom. The SMILES string of the molecule is CCC(CC)Cc1cccc(N2CCc3cc(CN4CCCCC4)cc(C(F)(F)F)c3C2)c1. The highest BCUT2D eigenvalue weighted by Gasteiger charge is 2.36. The van der Waals surface area contributed by atoms with Crippen LogP contribution in [0.4, 0.5) is 18.9 Å². The summed E-state index contributed by atoms with van der Waals surface area (Å²) < 4.78 is 42.4. The maximum Gasteiger partial charge on any atom is 0.416 e. The monoisotopic (exact) mass is 458 g/mol. The van der Waals surface area contributed by atoms with E-state index in [4.69, 9.17) is 0 Å². The summed E-state index contributed by atoms with van der Waals surface area (Å²) in [6.45, 7) is 8.11. The van der Waals surface area contributed by atoms with E-state index in [0.717, 1.165) is 68.6 Å². The van der Waals surface area contributed by atoms with Crippen LogP contribution in [0.25, 0.3) is 0 Å². The molecule has 0 bridgehead atoms. The van der Waals surface area contributed by atoms with E-state index in [1.54, 1.807) is 0 Å². The first-order chi connectivity index (χ1) is 15.9. The van der Waals surface area contributed by atoms with E-state index in [0.29, 0.717) is 31.0 Å². The minimum Gasteiger partial charge on any atom is -0.367 e. The van der Waals surface area contributed by atoms with Crippen LogP contribution >= 0.6 is 0 Å². The van der Waals surface area contributed by atoms with E-state index in [2.05, 4.69) is 41.8 Å². The molecule has 4 rings (SSSR count). The van der Waals surface area contributed by atoms with Gasteiger partial charge in [-0.05, 0) is 85.1 Å². The molecule has 2 aliphatic heterocycles. The van der Waals surface area contributed by atoms with Crippen LogP contribution in [0.5, 0.6) is 0 Å². The molecule has 0 spiro atoms. The maximum atomic E-state index is 14.1. The van der Waals surface area contributed by atoms with Gasteiger partial charge in [0, 0.05) is 25.3 Å². The minimum absolute atomic E-state index is 0.322. The molecule has 33 heavy (non-hydrogen) atoms. The van der Waals surface area contributed by atoms with Crippen molar-refractivity contribution in [1.82, 2.24) is 4.90 Å². The van der Waals surface area contributed by atoms with Crippen LogP contribution < -0.4 is 4.90 Å². The molecular weight excluding hydrogens is 421 g/mol. The lowest BCUT2D eigenvalue weighted by Gasteiger charge is -2.34. The zero-order valence-corrected chi connectivity index (χ0v) is 20.1. The minimum atomic E-state index is -4.33. The molecule has 1 fully saturated rings. The van der Waals surface area contributed by atoms with Crippen molar-refractivity contribution in [2.24, 2.45) is 5.92 Å². The van der Waals surface area contributed by atoms with Gasteiger partial charge in [-0.3, -0.25) is 4.90 Å². The van der Waals surface area contributed by atoms with Gasteiger partial charge in [0.25, 0.3) is 0 Å². The van der Waals surface area contributed by atoms with Gasteiger partial charge in [-0.15, -0.1) is 0 Å². The molecule has 0 unspecified atom stereocenters. The number of fused-ring (bicyclic) bond motifs is 1. The number of benzene rings is 2. The highest BCUT2D eigenvalue weighted by atomic mass is 19.4. The Morgan fingerprint density at radius 3 is 2.36 bits per heavy atom. The van der Waals surface area contributed by atoms with E-state index >= 15 is 0 Å². The molecule has 0 radical (unpaired) electrons. The molecule has 0 N–H and O–H groups in total. The molecule has 180 valence electrons. The molecule has 2 heterocycles. The Kier molecular flexibility index (Phi) is 7.68. The molecule has 0 atom stereocenters. The number of likely N-dealkylation sites (tertiary alicyclic amines) is 1. The molecule has 2 nitrogen and oxygen atoms in total. The van der Waals surface area contributed by atoms with Crippen LogP contribution in [-0.2, 0) is 32.1 Å². The number of hydrogen-bond acceptors (Lipinski definition) is 2. The molecular formula is C28H37F3N2. The van der Waals surface area contributed by atoms with Crippen LogP contribution in [0, 0.1) is 5.92 Å². The second-order valence-electron chi connectivity index (χ2n) is 9.84. The van der Waals surface area contributed by atoms with Gasteiger partial charge in [-0.25, -0.2) is 0 Å². The molecule has 5 heteroatoms. The Hall–Kier alpha value is -2.01. The number of anilines is 1. The Bertz CT molecular complexity index is 927. The van der Waals surface area contributed by atoms with Gasteiger partial charge in [-0.2, -0.15) is 13.2 Å². The van der Waals surface area contributed by atoms with Crippen molar-refractivity contribution in [3.8, 4) is 0 Å². The molecule has 2 aromatic rings. The standard InChI is InChI=1S/C28H37F3N2/c1-3-21(4-2)15-22-9-8-10-25(17-22)33-14-11-24-16-23(19-32-12-6-5-7-13-32)18-27(26(24)20-33)28(29,30)31/h8-10,16-18,21H,3-7,11-15,19-20H2,1-2H3. The number of piperidine rings is 1. The van der Waals surface area contributed by atoms with Crippen LogP contribution in [0.15, 0.2) is 36.4 Å². The number of halogens is 3. The van der Waals surface area contributed by atoms with Gasteiger partial charge in [0.05, 0.1) is 5.56 Å². The number of nitrogens with zero attached hydrogens (tertiary/aromatic N) is 2. The summed E-state index contributed by atoms with van der Waals surface area (Å²) in [7, 11) is 0. The molecule has 0 saturated carbocycles. The molecule has 0 amide bonds. The van der Waals surface area contributed by atoms with Gasteiger partial charge in [0.1, 0.15) is 0 Å². The van der Waals surface area contributed by atoms with Crippen LogP contribution in [0.1, 0.15) is 73.8 Å². The second kappa shape index (κ2) is 10.5. The fraction of sp³-hybridized carbons (Fsp3) is 0.571. The molecule has 1 saturated heterocycles. The molecule has 0 aromatic heterocycles. The average molecular weight is 459 g/mol. The van der Waals surface area contributed by atoms with Crippen molar-refractivity contribution in [2.75, 3.05) is 24.5 Å². The second-order valence-corrected chi connectivity index (χ2v) is 9.84. The highest BCUT2D eigenvalue weighted by Crippen LogP contribution is 2.38. The van der Waals surface area contributed by atoms with Crippen molar-refractivity contribution >= 4 is 5.69 Å². The third kappa shape index (κ3) is 5.92. The zero-order valence-electron chi connectivity index (χ0n) is 20.1. The maximum absolute atomic E-state index is 14.1. The first kappa shape index (κ1) is 24.1. The van der Waals surface area contributed by atoms with Crippen molar-refractivity contribution in [2.45, 2.75) is 78.1 Å². The van der Waals surface area contributed by atoms with E-state index < -0.39 is 11.7 Å². The number of hydrogen-bond donors (Lipinski definition) is 0. The summed E-state index contributed by atoms with van der Waals surface area (Å²) in [5.74, 6) is 0.650. The highest BCUT2D eigenvalue weighted by molar-refractivity contribution is 5.53. The molecule has 2 aromatic carbocycles. The van der Waals surface area contributed by atoms with Gasteiger partial charge < -0.3 is 4.90 Å². The smallest absolute Gasteiger partial charge is 0.367 e. The first-order valence-electron chi connectivity index (χ1n) is 12.7. The van der Waals surface area contributed by atoms with Gasteiger partial charge in [-0.1, -0.05) is 51.3 Å². The van der Waals surface area contributed by atoms with Crippen molar-refractivity contribution < 1.29 is 13.2 Å². The summed E-state index contributed by atoms with van der Waals surface area (Å²) in [6, 6.07) is 11.9. The summed E-state index contributed by atoms with van der Waals surface area (Å²) in [5.41, 5.74) is 4.02. The number of rotatable bonds is 7. The first-order valence-corrected chi connectivity index (χ1v) is 12.7. The number of alkyl halides is 3. The summed E-state index contributed by atoms with van der Waals surface area (Å²) in [6.07, 6.45) is 3.15. The summed E-state index contributed by atoms with van der Waals surface area (Å²) in [4.78, 5) is 4.42. The fourth-order valence-corrected chi connectivity index (χ4v) is 5.46. The zero-order chi connectivity index (χ0) is 23.4. The largest absolute Gasteiger partial charge is 0.416 e. The Morgan fingerprint density at radius 1 is 0.909 bits per heavy atom. The predicted octanol–water partition coefficient (Wildman–Crippen LogP) is 7.23. The van der Waals surface area contributed by atoms with Crippen molar-refractivity contribution in [3.05, 3.63) is 64.2 Å². The van der Waals surface area contributed by atoms with Gasteiger partial charge >= 0.3 is 6.18 Å². The van der Waals surface area contributed by atoms with Crippen LogP contribution in [0.2, 0.25) is 0 Å². The summed E-state index contributed by atoms with van der Waals surface area (Å²) >= 11 is 0. The van der Waals surface area contributed by atoms with Crippen molar-refractivity contribution in [3.63, 3.8) is 0 Å². The topological polar surface area (TPSA) is 6.48 Å². The van der Waals surface area contributed by atoms with E-state index in [1.165, 1.54) is 18.1 Å². The van der Waals surface area contributed by atoms with Crippen LogP contribution in [-0.4, -0.2) is 24.5 Å². The quantitative estimate of drug-likeness (QED) is 0.432. The van der Waals surface area contributed by atoms with Crippen LogP contribution in [0.3, 0.4) is 0 Å². The van der Waals surface area contributed by atoms with Gasteiger partial charge in [0.15, 0.2) is 0 Å². The van der Waals surface area contributed by atoms with Crippen molar-refractivity contribution in [1.29, 1.82) is 0 Å². The normalized spacial score (nSPS) is 17.5. The summed E-state index contributed by atoms with van der Waals surface area (Å²) in [5, 5.41) is 0. The fourth-order valence-electron chi connectivity index (χ4n) is 5.46. The Balaban J connectivity index is 1.58. The lowest BCUT2D eigenvalue weighted by atomic mass is 9.91. The molecule has 0 aliphatic carbocycles. The van der Waals surface area contributed by atoms with Gasteiger partial charge in [0.2, 0.25) is 0 Å². The average Bonchev–Trinajstić information content (AvgIpc) is 2.82. The predicted molar refractivity (Wildman–Crippen MR) is 130 cm³/mol. The lowest BCUT2D eigenvalue weighted by Crippen LogP contribution is -2.33. The van der Waals surface area contributed by atoms with E-state index in [1.807, 2.05) is 12.1 Å². The Labute approximate surface area is 196 Å². The molecule has 2 aliphatic rings. The third-order valence-electron chi connectivity index (χ3n) is 7.52. The lowest BCUT2D eigenvalue weighted by molar-refractivity contribution is -0.138. The van der Waals surface area contributed by atoms with E-state index in [-0.39, 0.29) is 0 Å².